The molecule has 198 valence electrons. The number of methoxy groups -OCH3 is 1. The maximum absolute atomic E-state index is 13.9. The fourth-order valence-electron chi connectivity index (χ4n) is 5.73. The Kier molecular flexibility index (Phi) is 6.51. The van der Waals surface area contributed by atoms with Gasteiger partial charge in [-0.25, -0.2) is 0 Å². The van der Waals surface area contributed by atoms with E-state index in [-0.39, 0.29) is 35.7 Å². The number of hydrogen-bond acceptors (Lipinski definition) is 11. The smallest absolute Gasteiger partial charge is 0.255 e. The molecule has 12 heteroatoms. The molecule has 12 nitrogen and oxygen atoms in total. The fraction of sp³-hybridized carbons (Fsp3) is 0.400. The van der Waals surface area contributed by atoms with E-state index in [4.69, 9.17) is 10.5 Å². The number of likely N-dealkylation sites (N-methyl/N-ethyl adjacent to an activating group) is 1. The lowest BCUT2D eigenvalue weighted by atomic mass is 9.55. The minimum atomic E-state index is -2.97. The number of carbonyl (C=O) groups excluding carboxylic acids is 3. The second-order valence-electron chi connectivity index (χ2n) is 9.59. The molecule has 1 amide bonds. The number of rotatable bonds is 6. The summed E-state index contributed by atoms with van der Waals surface area (Å²) in [7, 11) is 4.35. The van der Waals surface area contributed by atoms with Gasteiger partial charge < -0.3 is 36.0 Å². The number of aliphatic hydroxyl groups excluding tert-OH is 3. The van der Waals surface area contributed by atoms with Gasteiger partial charge in [-0.2, -0.15) is 0 Å². The molecule has 0 bridgehead atoms. The third-order valence-corrected chi connectivity index (χ3v) is 7.39. The molecule has 1 aromatic carbocycles. The van der Waals surface area contributed by atoms with Crippen molar-refractivity contribution in [2.24, 2.45) is 17.6 Å². The van der Waals surface area contributed by atoms with Crippen molar-refractivity contribution >= 4 is 28.8 Å². The van der Waals surface area contributed by atoms with Crippen molar-refractivity contribution in [3.63, 3.8) is 0 Å². The predicted octanol–water partition coefficient (Wildman–Crippen LogP) is -0.901. The first-order chi connectivity index (χ1) is 17.3. The Balaban J connectivity index is 1.98. The van der Waals surface area contributed by atoms with E-state index in [1.807, 2.05) is 0 Å². The van der Waals surface area contributed by atoms with E-state index in [2.05, 4.69) is 11.9 Å². The maximum Gasteiger partial charge on any atom is 0.255 e. The van der Waals surface area contributed by atoms with Crippen molar-refractivity contribution in [1.29, 1.82) is 0 Å². The summed E-state index contributed by atoms with van der Waals surface area (Å²) in [4.78, 5) is 40.4. The molecular weight excluding hydrogens is 486 g/mol. The third kappa shape index (κ3) is 3.52. The lowest BCUT2D eigenvalue weighted by Crippen LogP contribution is -2.70. The Morgan fingerprint density at radius 1 is 1.24 bits per heavy atom. The van der Waals surface area contributed by atoms with E-state index in [0.29, 0.717) is 5.56 Å². The number of primary amides is 1. The molecule has 0 radical (unpaired) electrons. The number of hydrogen-bond donors (Lipinski definition) is 7. The first-order valence-electron chi connectivity index (χ1n) is 11.4. The second-order valence-corrected chi connectivity index (χ2v) is 9.59. The molecule has 1 saturated carbocycles. The van der Waals surface area contributed by atoms with Crippen molar-refractivity contribution < 1.29 is 44.7 Å². The molecule has 8 N–H and O–H groups in total. The number of phenolic OH excluding ortho intramolecular Hbond substituents is 1. The molecule has 2 unspecified atom stereocenters. The molecule has 4 rings (SSSR count). The standard InChI is InChI=1S/C25H29N3O9/c1-9-11-6-5-10(7-27-8-37-4)18(29)13(11)19(30)14-12(9)20(31)16-17(28(2)3)21(32)15(24(26)35)23(34)25(16,36)22(14)33/h5-6,12,16-17,20,27,29-31,34,36H,1,7-8H2,2-4H3,(H2,26,35)/t12-,16?,17?,20+,25+/m1/s1. The van der Waals surface area contributed by atoms with Gasteiger partial charge in [0.25, 0.3) is 5.91 Å². The minimum absolute atomic E-state index is 0.145. The highest BCUT2D eigenvalue weighted by Gasteiger charge is 2.68. The molecule has 1 aromatic rings. The highest BCUT2D eigenvalue weighted by molar-refractivity contribution is 6.25. The number of nitrogens with zero attached hydrogens (tertiary/aromatic N) is 1. The van der Waals surface area contributed by atoms with E-state index >= 15 is 0 Å². The first kappa shape index (κ1) is 26.5. The molecule has 5 atom stereocenters. The molecule has 37 heavy (non-hydrogen) atoms. The van der Waals surface area contributed by atoms with Crippen LogP contribution in [0.3, 0.4) is 0 Å². The Morgan fingerprint density at radius 2 is 1.89 bits per heavy atom. The van der Waals surface area contributed by atoms with Gasteiger partial charge >= 0.3 is 0 Å². The van der Waals surface area contributed by atoms with Crippen LogP contribution in [0.2, 0.25) is 0 Å². The number of carbonyl (C=O) groups is 3. The molecule has 1 fully saturated rings. The number of nitrogens with two attached hydrogens (primary N) is 1. The van der Waals surface area contributed by atoms with E-state index in [9.17, 15) is 39.9 Å². The van der Waals surface area contributed by atoms with Gasteiger partial charge in [0.2, 0.25) is 5.78 Å². The van der Waals surface area contributed by atoms with Crippen LogP contribution in [-0.4, -0.2) is 93.6 Å². The summed E-state index contributed by atoms with van der Waals surface area (Å²) < 4.78 is 4.93. The van der Waals surface area contributed by atoms with Crippen molar-refractivity contribution in [3.8, 4) is 5.75 Å². The Labute approximate surface area is 211 Å². The van der Waals surface area contributed by atoms with Crippen molar-refractivity contribution in [3.05, 3.63) is 52.3 Å². The van der Waals surface area contributed by atoms with Crippen LogP contribution in [0.1, 0.15) is 16.7 Å². The average Bonchev–Trinajstić information content (AvgIpc) is 2.82. The Morgan fingerprint density at radius 3 is 2.46 bits per heavy atom. The van der Waals surface area contributed by atoms with Crippen LogP contribution in [0.4, 0.5) is 0 Å². The van der Waals surface area contributed by atoms with Crippen molar-refractivity contribution in [1.82, 2.24) is 10.2 Å². The molecule has 3 aliphatic rings. The summed E-state index contributed by atoms with van der Waals surface area (Å²) in [5, 5.41) is 59.2. The number of phenols is 1. The van der Waals surface area contributed by atoms with Crippen LogP contribution in [0.25, 0.3) is 11.3 Å². The van der Waals surface area contributed by atoms with Gasteiger partial charge in [-0.1, -0.05) is 18.7 Å². The number of aromatic hydroxyl groups is 1. The third-order valence-electron chi connectivity index (χ3n) is 7.39. The van der Waals surface area contributed by atoms with Gasteiger partial charge in [0.15, 0.2) is 11.4 Å². The lowest BCUT2D eigenvalue weighted by Gasteiger charge is -2.52. The van der Waals surface area contributed by atoms with E-state index in [0.717, 1.165) is 0 Å². The van der Waals surface area contributed by atoms with Gasteiger partial charge in [0.05, 0.1) is 35.9 Å². The summed E-state index contributed by atoms with van der Waals surface area (Å²) in [6.07, 6.45) is -1.72. The molecule has 3 aliphatic carbocycles. The van der Waals surface area contributed by atoms with Crippen molar-refractivity contribution in [2.75, 3.05) is 27.9 Å². The van der Waals surface area contributed by atoms with Gasteiger partial charge in [-0.3, -0.25) is 24.6 Å². The number of ketones is 2. The Hall–Kier alpha value is -3.55. The zero-order valence-electron chi connectivity index (χ0n) is 20.5. The summed E-state index contributed by atoms with van der Waals surface area (Å²) in [5.41, 5.74) is 1.42. The van der Waals surface area contributed by atoms with Crippen LogP contribution in [0.5, 0.6) is 5.75 Å². The molecule has 0 saturated heterocycles. The highest BCUT2D eigenvalue weighted by Crippen LogP contribution is 2.55. The summed E-state index contributed by atoms with van der Waals surface area (Å²) in [6.45, 7) is 4.31. The Bertz CT molecular complexity index is 1300. The first-order valence-corrected chi connectivity index (χ1v) is 11.4. The highest BCUT2D eigenvalue weighted by atomic mass is 16.5. The number of aliphatic hydroxyl groups is 4. The SMILES string of the molecule is C=C1c2ccc(CNCOC)c(O)c2C(O)=C2C(=O)[C@]3(O)C(O)=C(C(N)=O)C(=O)C(N(C)C)C3[C@@H](O)[C@H]12. The largest absolute Gasteiger partial charge is 0.508 e. The van der Waals surface area contributed by atoms with Crippen LogP contribution in [0.15, 0.2) is 35.6 Å². The summed E-state index contributed by atoms with van der Waals surface area (Å²) in [5.74, 6) is -8.93. The zero-order valence-corrected chi connectivity index (χ0v) is 20.5. The maximum atomic E-state index is 13.9. The topological polar surface area (TPSA) is 203 Å². The zero-order chi connectivity index (χ0) is 27.6. The van der Waals surface area contributed by atoms with E-state index in [1.165, 1.54) is 26.1 Å². The summed E-state index contributed by atoms with van der Waals surface area (Å²) in [6, 6.07) is 1.71. The van der Waals surface area contributed by atoms with Crippen molar-refractivity contribution in [2.45, 2.75) is 24.3 Å². The van der Waals surface area contributed by atoms with Crippen LogP contribution >= 0.6 is 0 Å². The van der Waals surface area contributed by atoms with Crippen LogP contribution < -0.4 is 11.1 Å². The van der Waals surface area contributed by atoms with Crippen LogP contribution in [-0.2, 0) is 25.7 Å². The number of amides is 1. The monoisotopic (exact) mass is 515 g/mol. The molecular formula is C25H29N3O9. The number of benzene rings is 1. The summed E-state index contributed by atoms with van der Waals surface area (Å²) >= 11 is 0. The van der Waals surface area contributed by atoms with Gasteiger partial charge in [-0.15, -0.1) is 0 Å². The molecule has 0 heterocycles. The van der Waals surface area contributed by atoms with Gasteiger partial charge in [0, 0.05) is 25.1 Å². The van der Waals surface area contributed by atoms with Crippen LogP contribution in [0, 0.1) is 11.8 Å². The molecule has 0 aromatic heterocycles. The van der Waals surface area contributed by atoms with Gasteiger partial charge in [0.1, 0.15) is 22.8 Å². The predicted molar refractivity (Wildman–Crippen MR) is 130 cm³/mol. The van der Waals surface area contributed by atoms with Gasteiger partial charge in [-0.05, 0) is 25.2 Å². The second kappa shape index (κ2) is 9.08. The normalized spacial score (nSPS) is 29.4. The fourth-order valence-corrected chi connectivity index (χ4v) is 5.73. The number of ether oxygens (including phenoxy) is 1. The number of Topliss-reactive ketones (excluding diaryl/α,β-unsaturated/α-hetero) is 2. The van der Waals surface area contributed by atoms with E-state index in [1.54, 1.807) is 12.1 Å². The minimum Gasteiger partial charge on any atom is -0.508 e. The van der Waals surface area contributed by atoms with E-state index < -0.39 is 69.7 Å². The average molecular weight is 516 g/mol. The molecule has 0 spiro atoms. The quantitative estimate of drug-likeness (QED) is 0.140. The number of nitrogens with one attached hydrogen (secondary N) is 1. The lowest BCUT2D eigenvalue weighted by molar-refractivity contribution is -0.166. The molecule has 0 aliphatic heterocycles. The number of fused-ring (bicyclic) bond motifs is 3.